The quantitative estimate of drug-likeness (QED) is 0.869. The number of likely N-dealkylation sites (tertiary alicyclic amines) is 1. The lowest BCUT2D eigenvalue weighted by Gasteiger charge is -2.34. The number of nitrogens with zero attached hydrogens (tertiary/aromatic N) is 1. The first-order valence-electron chi connectivity index (χ1n) is 7.68. The van der Waals surface area contributed by atoms with Crippen molar-refractivity contribution in [1.29, 1.82) is 0 Å². The van der Waals surface area contributed by atoms with Crippen molar-refractivity contribution in [3.05, 3.63) is 23.8 Å². The maximum atomic E-state index is 10.9. The highest BCUT2D eigenvalue weighted by molar-refractivity contribution is 5.45. The molecule has 0 spiro atoms. The van der Waals surface area contributed by atoms with Crippen LogP contribution in [-0.2, 0) is 5.60 Å². The van der Waals surface area contributed by atoms with E-state index in [9.17, 15) is 5.11 Å². The predicted molar refractivity (Wildman–Crippen MR) is 80.7 cm³/mol. The van der Waals surface area contributed by atoms with E-state index in [2.05, 4.69) is 4.90 Å². The molecule has 1 saturated heterocycles. The molecule has 3 rings (SSSR count). The molecule has 1 aromatic carbocycles. The molecule has 2 atom stereocenters. The van der Waals surface area contributed by atoms with E-state index in [0.29, 0.717) is 25.5 Å². The third kappa shape index (κ3) is 3.00. The van der Waals surface area contributed by atoms with Crippen molar-refractivity contribution >= 4 is 0 Å². The van der Waals surface area contributed by atoms with Crippen LogP contribution >= 0.6 is 0 Å². The Hall–Kier alpha value is -1.30. The Kier molecular flexibility index (Phi) is 4.06. The van der Waals surface area contributed by atoms with E-state index in [4.69, 9.17) is 15.2 Å². The normalized spacial score (nSPS) is 22.8. The van der Waals surface area contributed by atoms with Crippen LogP contribution in [0.15, 0.2) is 18.2 Å². The smallest absolute Gasteiger partial charge is 0.161 e. The molecule has 2 heterocycles. The zero-order valence-electron chi connectivity index (χ0n) is 12.5. The molecule has 21 heavy (non-hydrogen) atoms. The molecule has 0 amide bonds. The molecule has 5 nitrogen and oxygen atoms in total. The maximum Gasteiger partial charge on any atom is 0.161 e. The van der Waals surface area contributed by atoms with Gasteiger partial charge in [0.05, 0.1) is 6.04 Å². The Morgan fingerprint density at radius 3 is 2.62 bits per heavy atom. The second-order valence-electron chi connectivity index (χ2n) is 6.12. The Bertz CT molecular complexity index is 498. The van der Waals surface area contributed by atoms with E-state index in [-0.39, 0.29) is 6.04 Å². The number of benzene rings is 1. The molecule has 2 aliphatic heterocycles. The Morgan fingerprint density at radius 2 is 1.90 bits per heavy atom. The zero-order valence-corrected chi connectivity index (χ0v) is 12.5. The number of hydrogen-bond acceptors (Lipinski definition) is 5. The number of rotatable bonds is 4. The topological polar surface area (TPSA) is 67.9 Å². The molecule has 3 N–H and O–H groups in total. The van der Waals surface area contributed by atoms with Gasteiger partial charge in [-0.05, 0) is 50.6 Å². The van der Waals surface area contributed by atoms with Crippen LogP contribution in [0.1, 0.15) is 25.3 Å². The molecular formula is C16H24N2O3. The van der Waals surface area contributed by atoms with Gasteiger partial charge in [0.1, 0.15) is 18.8 Å². The van der Waals surface area contributed by atoms with Crippen LogP contribution in [0.3, 0.4) is 0 Å². The Morgan fingerprint density at radius 1 is 1.24 bits per heavy atom. The van der Waals surface area contributed by atoms with Crippen molar-refractivity contribution in [2.45, 2.75) is 31.4 Å². The van der Waals surface area contributed by atoms with Gasteiger partial charge in [0.15, 0.2) is 11.5 Å². The molecule has 0 aromatic heterocycles. The first-order chi connectivity index (χ1) is 10.1. The molecule has 5 heteroatoms. The monoisotopic (exact) mass is 292 g/mol. The summed E-state index contributed by atoms with van der Waals surface area (Å²) in [5.74, 6) is 1.42. The standard InChI is InChI=1S/C16H24N2O3/c1-16(19,15(17)11-18-6-2-3-7-18)12-4-5-13-14(10-12)21-9-8-20-13/h4-5,10,15,19H,2-3,6-9,11,17H2,1H3/t15-,16?/m1/s1. The largest absolute Gasteiger partial charge is 0.486 e. The van der Waals surface area contributed by atoms with E-state index in [0.717, 1.165) is 24.4 Å². The molecule has 1 aromatic rings. The molecular weight excluding hydrogens is 268 g/mol. The SMILES string of the molecule is CC(O)(c1ccc2c(c1)OCCO2)[C@H](N)CN1CCCC1. The number of hydrogen-bond donors (Lipinski definition) is 2. The van der Waals surface area contributed by atoms with Crippen LogP contribution in [0.5, 0.6) is 11.5 Å². The van der Waals surface area contributed by atoms with Crippen molar-refractivity contribution in [3.63, 3.8) is 0 Å². The summed E-state index contributed by atoms with van der Waals surface area (Å²) in [6.45, 7) is 5.74. The van der Waals surface area contributed by atoms with Gasteiger partial charge in [-0.1, -0.05) is 6.07 Å². The molecule has 1 unspecified atom stereocenters. The van der Waals surface area contributed by atoms with Gasteiger partial charge in [-0.15, -0.1) is 0 Å². The predicted octanol–water partition coefficient (Wildman–Crippen LogP) is 1.09. The van der Waals surface area contributed by atoms with Crippen molar-refractivity contribution in [2.75, 3.05) is 32.8 Å². The van der Waals surface area contributed by atoms with Gasteiger partial charge < -0.3 is 25.2 Å². The lowest BCUT2D eigenvalue weighted by Crippen LogP contribution is -2.50. The number of fused-ring (bicyclic) bond motifs is 1. The lowest BCUT2D eigenvalue weighted by molar-refractivity contribution is 0.0178. The van der Waals surface area contributed by atoms with Gasteiger partial charge in [0, 0.05) is 6.54 Å². The average molecular weight is 292 g/mol. The molecule has 1 fully saturated rings. The van der Waals surface area contributed by atoms with E-state index < -0.39 is 5.60 Å². The summed E-state index contributed by atoms with van der Waals surface area (Å²) in [6, 6.07) is 5.23. The van der Waals surface area contributed by atoms with E-state index in [1.54, 1.807) is 6.92 Å². The first kappa shape index (κ1) is 14.6. The fourth-order valence-electron chi connectivity index (χ4n) is 2.99. The van der Waals surface area contributed by atoms with E-state index >= 15 is 0 Å². The molecule has 116 valence electrons. The highest BCUT2D eigenvalue weighted by atomic mass is 16.6. The first-order valence-corrected chi connectivity index (χ1v) is 7.68. The van der Waals surface area contributed by atoms with Crippen LogP contribution in [0.25, 0.3) is 0 Å². The van der Waals surface area contributed by atoms with Crippen molar-refractivity contribution in [3.8, 4) is 11.5 Å². The van der Waals surface area contributed by atoms with E-state index in [1.165, 1.54) is 12.8 Å². The lowest BCUT2D eigenvalue weighted by atomic mass is 9.88. The summed E-state index contributed by atoms with van der Waals surface area (Å²) in [7, 11) is 0. The van der Waals surface area contributed by atoms with Crippen LogP contribution in [0.2, 0.25) is 0 Å². The second-order valence-corrected chi connectivity index (χ2v) is 6.12. The number of ether oxygens (including phenoxy) is 2. The minimum absolute atomic E-state index is 0.335. The molecule has 0 saturated carbocycles. The summed E-state index contributed by atoms with van der Waals surface area (Å²) in [4.78, 5) is 2.32. The summed E-state index contributed by atoms with van der Waals surface area (Å²) >= 11 is 0. The summed E-state index contributed by atoms with van der Waals surface area (Å²) in [6.07, 6.45) is 2.44. The van der Waals surface area contributed by atoms with Gasteiger partial charge in [-0.2, -0.15) is 0 Å². The Balaban J connectivity index is 1.76. The highest BCUT2D eigenvalue weighted by Gasteiger charge is 2.33. The van der Waals surface area contributed by atoms with Gasteiger partial charge in [0.2, 0.25) is 0 Å². The highest BCUT2D eigenvalue weighted by Crippen LogP contribution is 2.35. The minimum atomic E-state index is -1.08. The molecule has 0 aliphatic carbocycles. The molecule has 2 aliphatic rings. The summed E-state index contributed by atoms with van der Waals surface area (Å²) in [5.41, 5.74) is 5.97. The van der Waals surface area contributed by atoms with Gasteiger partial charge in [-0.25, -0.2) is 0 Å². The minimum Gasteiger partial charge on any atom is -0.486 e. The van der Waals surface area contributed by atoms with Gasteiger partial charge >= 0.3 is 0 Å². The maximum absolute atomic E-state index is 10.9. The molecule has 0 bridgehead atoms. The number of aliphatic hydroxyl groups is 1. The average Bonchev–Trinajstić information content (AvgIpc) is 2.99. The fourth-order valence-corrected chi connectivity index (χ4v) is 2.99. The zero-order chi connectivity index (χ0) is 14.9. The van der Waals surface area contributed by atoms with E-state index in [1.807, 2.05) is 18.2 Å². The second kappa shape index (κ2) is 5.83. The summed E-state index contributed by atoms with van der Waals surface area (Å²) in [5, 5.41) is 10.9. The van der Waals surface area contributed by atoms with Crippen LogP contribution in [-0.4, -0.2) is 48.9 Å². The third-order valence-electron chi connectivity index (χ3n) is 4.50. The van der Waals surface area contributed by atoms with Crippen molar-refractivity contribution in [1.82, 2.24) is 4.90 Å². The van der Waals surface area contributed by atoms with Crippen molar-refractivity contribution in [2.24, 2.45) is 5.73 Å². The van der Waals surface area contributed by atoms with Crippen LogP contribution in [0, 0.1) is 0 Å². The third-order valence-corrected chi connectivity index (χ3v) is 4.50. The van der Waals surface area contributed by atoms with Crippen LogP contribution < -0.4 is 15.2 Å². The van der Waals surface area contributed by atoms with Crippen molar-refractivity contribution < 1.29 is 14.6 Å². The number of nitrogens with two attached hydrogens (primary N) is 1. The summed E-state index contributed by atoms with van der Waals surface area (Å²) < 4.78 is 11.1. The Labute approximate surface area is 125 Å². The van der Waals surface area contributed by atoms with Crippen LogP contribution in [0.4, 0.5) is 0 Å². The molecule has 0 radical (unpaired) electrons. The van der Waals surface area contributed by atoms with Gasteiger partial charge in [-0.3, -0.25) is 0 Å². The van der Waals surface area contributed by atoms with Gasteiger partial charge in [0.25, 0.3) is 0 Å². The fraction of sp³-hybridized carbons (Fsp3) is 0.625.